The van der Waals surface area contributed by atoms with Crippen LogP contribution in [-0.4, -0.2) is 36.3 Å². The van der Waals surface area contributed by atoms with Gasteiger partial charge in [0.15, 0.2) is 6.29 Å². The summed E-state index contributed by atoms with van der Waals surface area (Å²) in [5.41, 5.74) is 0.600. The zero-order chi connectivity index (χ0) is 13.4. The largest absolute Gasteiger partial charge is 0.466 e. The van der Waals surface area contributed by atoms with E-state index in [-0.39, 0.29) is 30.5 Å². The third-order valence-corrected chi connectivity index (χ3v) is 2.09. The molecule has 0 fully saturated rings. The van der Waals surface area contributed by atoms with Crippen LogP contribution in [0.25, 0.3) is 0 Å². The minimum Gasteiger partial charge on any atom is -0.466 e. The highest BCUT2D eigenvalue weighted by Crippen LogP contribution is 1.98. The molecule has 0 aliphatic carbocycles. The number of rotatable bonds is 6. The summed E-state index contributed by atoms with van der Waals surface area (Å²) < 4.78 is 4.72. The third kappa shape index (κ3) is 4.32. The lowest BCUT2D eigenvalue weighted by molar-refractivity contribution is -0.142. The molecule has 0 saturated heterocycles. The molecule has 0 bridgehead atoms. The molecular weight excluding hydrogens is 236 g/mol. The number of hydrogen-bond donors (Lipinski definition) is 1. The van der Waals surface area contributed by atoms with E-state index in [1.807, 2.05) is 0 Å². The Morgan fingerprint density at radius 2 is 2.22 bits per heavy atom. The predicted octanol–water partition coefficient (Wildman–Crippen LogP) is 0.577. The van der Waals surface area contributed by atoms with E-state index in [0.717, 1.165) is 0 Å². The maximum Gasteiger partial charge on any atom is 0.307 e. The molecule has 1 heterocycles. The lowest BCUT2D eigenvalue weighted by atomic mass is 10.2. The van der Waals surface area contributed by atoms with Gasteiger partial charge >= 0.3 is 5.97 Å². The molecule has 1 amide bonds. The molecular formula is C12H14N2O4. The van der Waals surface area contributed by atoms with Gasteiger partial charge in [-0.25, -0.2) is 0 Å². The number of esters is 1. The Kier molecular flexibility index (Phi) is 5.50. The van der Waals surface area contributed by atoms with Gasteiger partial charge in [-0.1, -0.05) is 0 Å². The molecule has 0 atom stereocenters. The Hall–Kier alpha value is -2.24. The van der Waals surface area contributed by atoms with E-state index in [1.54, 1.807) is 6.92 Å². The average Bonchev–Trinajstić information content (AvgIpc) is 2.39. The van der Waals surface area contributed by atoms with Gasteiger partial charge in [-0.3, -0.25) is 19.4 Å². The van der Waals surface area contributed by atoms with Gasteiger partial charge < -0.3 is 10.1 Å². The monoisotopic (exact) mass is 250 g/mol. The molecule has 0 unspecified atom stereocenters. The van der Waals surface area contributed by atoms with Crippen molar-refractivity contribution in [1.29, 1.82) is 0 Å². The molecule has 0 aromatic carbocycles. The minimum absolute atomic E-state index is 0.124. The van der Waals surface area contributed by atoms with Crippen molar-refractivity contribution in [3.63, 3.8) is 0 Å². The van der Waals surface area contributed by atoms with Gasteiger partial charge in [-0.2, -0.15) is 0 Å². The van der Waals surface area contributed by atoms with Gasteiger partial charge in [0, 0.05) is 12.7 Å². The van der Waals surface area contributed by atoms with E-state index >= 15 is 0 Å². The Morgan fingerprint density at radius 3 is 2.78 bits per heavy atom. The second-order valence-corrected chi connectivity index (χ2v) is 3.40. The number of pyridine rings is 1. The Labute approximate surface area is 104 Å². The molecule has 0 radical (unpaired) electrons. The minimum atomic E-state index is -0.354. The van der Waals surface area contributed by atoms with Crippen molar-refractivity contribution in [3.8, 4) is 0 Å². The first-order valence-corrected chi connectivity index (χ1v) is 5.52. The predicted molar refractivity (Wildman–Crippen MR) is 63.2 cm³/mol. The summed E-state index contributed by atoms with van der Waals surface area (Å²) in [5.74, 6) is -0.698. The van der Waals surface area contributed by atoms with E-state index in [2.05, 4.69) is 10.3 Å². The first-order chi connectivity index (χ1) is 8.67. The number of aromatic nitrogens is 1. The van der Waals surface area contributed by atoms with Crippen LogP contribution in [0, 0.1) is 0 Å². The molecule has 0 spiro atoms. The summed E-state index contributed by atoms with van der Waals surface area (Å²) in [6, 6.07) is 2.95. The van der Waals surface area contributed by atoms with Crippen LogP contribution < -0.4 is 5.32 Å². The summed E-state index contributed by atoms with van der Waals surface area (Å²) in [6.07, 6.45) is 2.03. The SMILES string of the molecule is CCOC(=O)CCNC(=O)c1ccc(C=O)nc1. The number of hydrogen-bond acceptors (Lipinski definition) is 5. The van der Waals surface area contributed by atoms with Gasteiger partial charge in [0.2, 0.25) is 0 Å². The molecule has 6 nitrogen and oxygen atoms in total. The molecule has 6 heteroatoms. The van der Waals surface area contributed by atoms with Gasteiger partial charge in [0.25, 0.3) is 5.91 Å². The number of carbonyl (C=O) groups is 3. The smallest absolute Gasteiger partial charge is 0.307 e. The Bertz CT molecular complexity index is 428. The molecule has 1 aromatic rings. The van der Waals surface area contributed by atoms with Crippen molar-refractivity contribution in [2.45, 2.75) is 13.3 Å². The average molecular weight is 250 g/mol. The fraction of sp³-hybridized carbons (Fsp3) is 0.333. The van der Waals surface area contributed by atoms with Crippen LogP contribution in [0.15, 0.2) is 18.3 Å². The van der Waals surface area contributed by atoms with E-state index in [4.69, 9.17) is 4.74 Å². The first-order valence-electron chi connectivity index (χ1n) is 5.52. The fourth-order valence-electron chi connectivity index (χ4n) is 1.22. The van der Waals surface area contributed by atoms with Gasteiger partial charge in [0.1, 0.15) is 5.69 Å². The zero-order valence-corrected chi connectivity index (χ0v) is 10.0. The number of nitrogens with one attached hydrogen (secondary N) is 1. The lowest BCUT2D eigenvalue weighted by Gasteiger charge is -2.04. The van der Waals surface area contributed by atoms with E-state index in [0.29, 0.717) is 18.5 Å². The number of amides is 1. The van der Waals surface area contributed by atoms with Crippen LogP contribution in [0.3, 0.4) is 0 Å². The molecule has 1 N–H and O–H groups in total. The molecule has 96 valence electrons. The molecule has 0 aliphatic heterocycles. The van der Waals surface area contributed by atoms with Crippen molar-refractivity contribution < 1.29 is 19.1 Å². The maximum absolute atomic E-state index is 11.6. The molecule has 0 saturated carbocycles. The van der Waals surface area contributed by atoms with Crippen molar-refractivity contribution in [2.75, 3.05) is 13.2 Å². The number of ether oxygens (including phenoxy) is 1. The molecule has 1 rings (SSSR count). The first kappa shape index (κ1) is 13.8. The standard InChI is InChI=1S/C12H14N2O4/c1-2-18-11(16)5-6-13-12(17)9-3-4-10(8-15)14-7-9/h3-4,7-8H,2,5-6H2,1H3,(H,13,17). The van der Waals surface area contributed by atoms with Gasteiger partial charge in [-0.05, 0) is 19.1 Å². The Morgan fingerprint density at radius 1 is 1.44 bits per heavy atom. The second kappa shape index (κ2) is 7.16. The van der Waals surface area contributed by atoms with E-state index in [1.165, 1.54) is 18.3 Å². The van der Waals surface area contributed by atoms with Crippen LogP contribution in [-0.2, 0) is 9.53 Å². The van der Waals surface area contributed by atoms with Gasteiger partial charge in [-0.15, -0.1) is 0 Å². The summed E-state index contributed by atoms with van der Waals surface area (Å²) in [5, 5.41) is 2.56. The number of nitrogens with zero attached hydrogens (tertiary/aromatic N) is 1. The summed E-state index contributed by atoms with van der Waals surface area (Å²) in [6.45, 7) is 2.24. The maximum atomic E-state index is 11.6. The normalized spacial score (nSPS) is 9.61. The highest BCUT2D eigenvalue weighted by atomic mass is 16.5. The summed E-state index contributed by atoms with van der Waals surface area (Å²) >= 11 is 0. The molecule has 18 heavy (non-hydrogen) atoms. The van der Waals surface area contributed by atoms with Crippen LogP contribution >= 0.6 is 0 Å². The van der Waals surface area contributed by atoms with Crippen LogP contribution in [0.2, 0.25) is 0 Å². The molecule has 1 aromatic heterocycles. The molecule has 0 aliphatic rings. The lowest BCUT2D eigenvalue weighted by Crippen LogP contribution is -2.26. The summed E-state index contributed by atoms with van der Waals surface area (Å²) in [7, 11) is 0. The second-order valence-electron chi connectivity index (χ2n) is 3.40. The van der Waals surface area contributed by atoms with Crippen LogP contribution in [0.5, 0.6) is 0 Å². The zero-order valence-electron chi connectivity index (χ0n) is 10.0. The van der Waals surface area contributed by atoms with Crippen LogP contribution in [0.1, 0.15) is 34.2 Å². The fourth-order valence-corrected chi connectivity index (χ4v) is 1.22. The van der Waals surface area contributed by atoms with Crippen LogP contribution in [0.4, 0.5) is 0 Å². The number of carbonyl (C=O) groups excluding carboxylic acids is 3. The third-order valence-electron chi connectivity index (χ3n) is 2.09. The van der Waals surface area contributed by atoms with Crippen molar-refractivity contribution in [3.05, 3.63) is 29.6 Å². The highest BCUT2D eigenvalue weighted by molar-refractivity contribution is 5.94. The van der Waals surface area contributed by atoms with Gasteiger partial charge in [0.05, 0.1) is 18.6 Å². The quantitative estimate of drug-likeness (QED) is 0.589. The van der Waals surface area contributed by atoms with Crippen molar-refractivity contribution in [1.82, 2.24) is 10.3 Å². The van der Waals surface area contributed by atoms with Crippen molar-refractivity contribution >= 4 is 18.2 Å². The van der Waals surface area contributed by atoms with Crippen molar-refractivity contribution in [2.24, 2.45) is 0 Å². The van der Waals surface area contributed by atoms with E-state index < -0.39 is 0 Å². The topological polar surface area (TPSA) is 85.4 Å². The number of aldehydes is 1. The highest BCUT2D eigenvalue weighted by Gasteiger charge is 2.07. The summed E-state index contributed by atoms with van der Waals surface area (Å²) in [4.78, 5) is 36.8. The Balaban J connectivity index is 2.40. The van der Waals surface area contributed by atoms with E-state index in [9.17, 15) is 14.4 Å².